The molecule has 0 atom stereocenters. The number of rotatable bonds is 8. The van der Waals surface area contributed by atoms with Crippen LogP contribution in [0.25, 0.3) is 10.2 Å². The van der Waals surface area contributed by atoms with E-state index in [1.165, 1.54) is 10.5 Å². The molecule has 6 nitrogen and oxygen atoms in total. The summed E-state index contributed by atoms with van der Waals surface area (Å²) in [6.07, 6.45) is 0.884. The third kappa shape index (κ3) is 4.57. The van der Waals surface area contributed by atoms with Gasteiger partial charge in [-0.2, -0.15) is 0 Å². The average Bonchev–Trinajstić information content (AvgIpc) is 3.17. The second kappa shape index (κ2) is 9.45. The molecule has 0 aliphatic heterocycles. The van der Waals surface area contributed by atoms with Crippen molar-refractivity contribution in [2.24, 2.45) is 0 Å². The van der Waals surface area contributed by atoms with Crippen LogP contribution in [0.5, 0.6) is 11.5 Å². The van der Waals surface area contributed by atoms with Crippen molar-refractivity contribution in [1.82, 2.24) is 4.98 Å². The van der Waals surface area contributed by atoms with Gasteiger partial charge in [0, 0.05) is 18.5 Å². The zero-order valence-corrected chi connectivity index (χ0v) is 19.4. The fourth-order valence-corrected chi connectivity index (χ4v) is 4.38. The van der Waals surface area contributed by atoms with Crippen molar-refractivity contribution in [2.75, 3.05) is 46.3 Å². The summed E-state index contributed by atoms with van der Waals surface area (Å²) in [4.78, 5) is 21.5. The van der Waals surface area contributed by atoms with E-state index < -0.39 is 0 Å². The predicted octanol–water partition coefficient (Wildman–Crippen LogP) is 3.11. The summed E-state index contributed by atoms with van der Waals surface area (Å²) in [6.45, 7) is 5.74. The number of hydrogen-bond acceptors (Lipinski definition) is 5. The molecule has 0 spiro atoms. The van der Waals surface area contributed by atoms with Gasteiger partial charge in [-0.15, -0.1) is 0 Å². The van der Waals surface area contributed by atoms with Crippen molar-refractivity contribution in [3.8, 4) is 11.5 Å². The predicted molar refractivity (Wildman–Crippen MR) is 123 cm³/mol. The molecule has 160 valence electrons. The fraction of sp³-hybridized carbons (Fsp3) is 0.391. The Morgan fingerprint density at radius 1 is 1.10 bits per heavy atom. The van der Waals surface area contributed by atoms with Gasteiger partial charge < -0.3 is 14.4 Å². The highest BCUT2D eigenvalue weighted by molar-refractivity contribution is 7.22. The van der Waals surface area contributed by atoms with E-state index >= 15 is 0 Å². The number of aryl methyl sites for hydroxylation is 2. The van der Waals surface area contributed by atoms with Crippen LogP contribution in [0, 0.1) is 13.8 Å². The molecule has 3 aromatic rings. The molecule has 0 fully saturated rings. The van der Waals surface area contributed by atoms with Gasteiger partial charge in [0.05, 0.1) is 45.1 Å². The molecule has 3 rings (SSSR count). The lowest BCUT2D eigenvalue weighted by Crippen LogP contribution is -3.05. The molecule has 0 aliphatic rings. The lowest BCUT2D eigenvalue weighted by Gasteiger charge is -2.21. The Balaban J connectivity index is 2.00. The number of thiazole rings is 1. The topological polar surface area (TPSA) is 56.1 Å². The van der Waals surface area contributed by atoms with Crippen LogP contribution in [-0.2, 0) is 0 Å². The zero-order chi connectivity index (χ0) is 21.8. The number of methoxy groups -OCH3 is 2. The van der Waals surface area contributed by atoms with Crippen LogP contribution in [-0.4, -0.2) is 52.3 Å². The van der Waals surface area contributed by atoms with Gasteiger partial charge in [-0.3, -0.25) is 9.69 Å². The summed E-state index contributed by atoms with van der Waals surface area (Å²) < 4.78 is 11.8. The van der Waals surface area contributed by atoms with Crippen LogP contribution in [0.15, 0.2) is 30.3 Å². The van der Waals surface area contributed by atoms with Crippen molar-refractivity contribution in [3.05, 3.63) is 47.0 Å². The molecule has 0 unspecified atom stereocenters. The summed E-state index contributed by atoms with van der Waals surface area (Å²) in [5, 5.41) is 0.729. The summed E-state index contributed by atoms with van der Waals surface area (Å²) in [5.74, 6) is 1.05. The number of nitrogens with zero attached hydrogens (tertiary/aromatic N) is 2. The SMILES string of the molecule is COc1ccc(C(=O)N(CCC[NH+](C)C)c2nc3c(C)c(C)ccc3s2)cc1OC. The molecule has 0 aliphatic carbocycles. The summed E-state index contributed by atoms with van der Waals surface area (Å²) in [5.41, 5.74) is 3.88. The largest absolute Gasteiger partial charge is 0.493 e. The Hall–Kier alpha value is -2.64. The van der Waals surface area contributed by atoms with Gasteiger partial charge in [0.25, 0.3) is 5.91 Å². The molecule has 1 N–H and O–H groups in total. The standard InChI is InChI=1S/C23H29N3O3S/c1-15-8-11-20-21(16(15)2)24-23(30-20)26(13-7-12-25(3)4)22(27)17-9-10-18(28-5)19(14-17)29-6/h8-11,14H,7,12-13H2,1-6H3/p+1. The summed E-state index contributed by atoms with van der Waals surface area (Å²) in [7, 11) is 7.39. The van der Waals surface area contributed by atoms with E-state index in [0.717, 1.165) is 33.9 Å². The molecule has 0 saturated carbocycles. The average molecular weight is 429 g/mol. The number of carbonyl (C=O) groups is 1. The first-order valence-electron chi connectivity index (χ1n) is 10.1. The third-order valence-electron chi connectivity index (χ3n) is 5.24. The monoisotopic (exact) mass is 428 g/mol. The molecule has 2 aromatic carbocycles. The van der Waals surface area contributed by atoms with E-state index in [9.17, 15) is 4.79 Å². The van der Waals surface area contributed by atoms with Crippen molar-refractivity contribution in [3.63, 3.8) is 0 Å². The van der Waals surface area contributed by atoms with Gasteiger partial charge in [0.1, 0.15) is 0 Å². The van der Waals surface area contributed by atoms with Gasteiger partial charge >= 0.3 is 0 Å². The first-order valence-corrected chi connectivity index (χ1v) is 10.9. The number of aromatic nitrogens is 1. The second-order valence-electron chi connectivity index (χ2n) is 7.69. The Kier molecular flexibility index (Phi) is 6.95. The van der Waals surface area contributed by atoms with E-state index in [0.29, 0.717) is 23.6 Å². The fourth-order valence-electron chi connectivity index (χ4n) is 3.33. The molecule has 1 aromatic heterocycles. The van der Waals surface area contributed by atoms with Crippen LogP contribution < -0.4 is 19.3 Å². The minimum atomic E-state index is -0.0851. The number of quaternary nitrogens is 1. The molecule has 0 bridgehead atoms. The lowest BCUT2D eigenvalue weighted by atomic mass is 10.1. The molecule has 1 heterocycles. The van der Waals surface area contributed by atoms with Gasteiger partial charge in [-0.25, -0.2) is 4.98 Å². The van der Waals surface area contributed by atoms with Gasteiger partial charge in [0.2, 0.25) is 0 Å². The van der Waals surface area contributed by atoms with Crippen LogP contribution >= 0.6 is 11.3 Å². The van der Waals surface area contributed by atoms with Gasteiger partial charge in [-0.05, 0) is 49.2 Å². The second-order valence-corrected chi connectivity index (χ2v) is 8.70. The third-order valence-corrected chi connectivity index (χ3v) is 6.28. The molecule has 0 radical (unpaired) electrons. The Bertz CT molecular complexity index is 1050. The number of anilines is 1. The Morgan fingerprint density at radius 2 is 1.83 bits per heavy atom. The van der Waals surface area contributed by atoms with Crippen LogP contribution in [0.1, 0.15) is 27.9 Å². The maximum absolute atomic E-state index is 13.5. The quantitative estimate of drug-likeness (QED) is 0.599. The number of fused-ring (bicyclic) bond motifs is 1. The van der Waals surface area contributed by atoms with E-state index in [4.69, 9.17) is 14.5 Å². The Morgan fingerprint density at radius 3 is 2.50 bits per heavy atom. The number of amides is 1. The Labute approximate surface area is 182 Å². The normalized spacial score (nSPS) is 11.2. The molecule has 0 saturated heterocycles. The van der Waals surface area contributed by atoms with Crippen molar-refractivity contribution in [1.29, 1.82) is 0 Å². The minimum absolute atomic E-state index is 0.0851. The van der Waals surface area contributed by atoms with Crippen LogP contribution in [0.4, 0.5) is 5.13 Å². The number of ether oxygens (including phenoxy) is 2. The highest BCUT2D eigenvalue weighted by atomic mass is 32.1. The van der Waals surface area contributed by atoms with E-state index in [2.05, 4.69) is 40.1 Å². The molecular weight excluding hydrogens is 398 g/mol. The van der Waals surface area contributed by atoms with Crippen LogP contribution in [0.3, 0.4) is 0 Å². The highest BCUT2D eigenvalue weighted by Crippen LogP contribution is 2.34. The lowest BCUT2D eigenvalue weighted by molar-refractivity contribution is -0.858. The van der Waals surface area contributed by atoms with Crippen molar-refractivity contribution < 1.29 is 19.2 Å². The molecule has 30 heavy (non-hydrogen) atoms. The number of carbonyl (C=O) groups excluding carboxylic acids is 1. The van der Waals surface area contributed by atoms with E-state index in [-0.39, 0.29) is 5.91 Å². The van der Waals surface area contributed by atoms with Crippen LogP contribution in [0.2, 0.25) is 0 Å². The molecule has 7 heteroatoms. The maximum atomic E-state index is 13.5. The first kappa shape index (κ1) is 22.1. The smallest absolute Gasteiger partial charge is 0.260 e. The van der Waals surface area contributed by atoms with E-state index in [1.54, 1.807) is 48.7 Å². The zero-order valence-electron chi connectivity index (χ0n) is 18.5. The first-order chi connectivity index (χ1) is 14.3. The van der Waals surface area contributed by atoms with Gasteiger partial charge in [0.15, 0.2) is 16.6 Å². The number of benzene rings is 2. The summed E-state index contributed by atoms with van der Waals surface area (Å²) in [6, 6.07) is 9.46. The van der Waals surface area contributed by atoms with E-state index in [1.807, 2.05) is 0 Å². The minimum Gasteiger partial charge on any atom is -0.493 e. The van der Waals surface area contributed by atoms with Crippen molar-refractivity contribution in [2.45, 2.75) is 20.3 Å². The van der Waals surface area contributed by atoms with Crippen molar-refractivity contribution >= 4 is 32.6 Å². The van der Waals surface area contributed by atoms with Gasteiger partial charge in [-0.1, -0.05) is 17.4 Å². The summed E-state index contributed by atoms with van der Waals surface area (Å²) >= 11 is 1.56. The highest BCUT2D eigenvalue weighted by Gasteiger charge is 2.23. The number of hydrogen-bond donors (Lipinski definition) is 1. The number of nitrogens with one attached hydrogen (secondary N) is 1. The molecular formula is C23H30N3O3S+. The molecule has 1 amide bonds. The maximum Gasteiger partial charge on any atom is 0.260 e.